The summed E-state index contributed by atoms with van der Waals surface area (Å²) in [7, 11) is 0. The first-order chi connectivity index (χ1) is 16.2. The first-order valence-electron chi connectivity index (χ1n) is 11.0. The fourth-order valence-corrected chi connectivity index (χ4v) is 5.26. The summed E-state index contributed by atoms with van der Waals surface area (Å²) in [6.45, 7) is 0.653. The number of rotatable bonds is 6. The number of hydrogen-bond acceptors (Lipinski definition) is 6. The molecule has 1 N–H and O–H groups in total. The first kappa shape index (κ1) is 21.5. The smallest absolute Gasteiger partial charge is 0.357 e. The number of nitrogens with zero attached hydrogens (tertiary/aromatic N) is 2. The van der Waals surface area contributed by atoms with E-state index in [-0.39, 0.29) is 12.0 Å². The number of aliphatic hydroxyl groups is 1. The minimum absolute atomic E-state index is 0.132. The van der Waals surface area contributed by atoms with Crippen molar-refractivity contribution in [3.8, 4) is 0 Å². The lowest BCUT2D eigenvalue weighted by Gasteiger charge is -2.28. The molecule has 1 unspecified atom stereocenters. The predicted molar refractivity (Wildman–Crippen MR) is 128 cm³/mol. The molecule has 1 saturated heterocycles. The molecular formula is C27H24N2O3S. The summed E-state index contributed by atoms with van der Waals surface area (Å²) < 4.78 is 0. The molecule has 5 nitrogen and oxygen atoms in total. The number of hydrogen-bond donors (Lipinski definition) is 1. The topological polar surface area (TPSA) is 62.7 Å². The zero-order chi connectivity index (χ0) is 22.7. The minimum atomic E-state index is -1.37. The highest BCUT2D eigenvalue weighted by Crippen LogP contribution is 2.40. The molecular weight excluding hydrogens is 432 g/mol. The highest BCUT2D eigenvalue weighted by atomic mass is 32.1. The number of benzene rings is 3. The molecule has 1 aromatic heterocycles. The number of carbonyl (C=O) groups is 1. The van der Waals surface area contributed by atoms with E-state index in [0.717, 1.165) is 29.0 Å². The second kappa shape index (κ2) is 9.27. The van der Waals surface area contributed by atoms with Gasteiger partial charge in [-0.2, -0.15) is 0 Å². The molecule has 0 aliphatic carbocycles. The van der Waals surface area contributed by atoms with E-state index < -0.39 is 5.60 Å². The van der Waals surface area contributed by atoms with Gasteiger partial charge in [0, 0.05) is 11.9 Å². The zero-order valence-corrected chi connectivity index (χ0v) is 18.8. The summed E-state index contributed by atoms with van der Waals surface area (Å²) in [5.74, 6) is -0.371. The Morgan fingerprint density at radius 3 is 2.12 bits per heavy atom. The summed E-state index contributed by atoms with van der Waals surface area (Å²) in [4.78, 5) is 23.2. The van der Waals surface area contributed by atoms with Crippen molar-refractivity contribution in [2.45, 2.75) is 24.5 Å². The standard InChI is InChI=1S/C27H24N2O3S/c30-26(20-11-4-1-5-12-20)32-29-18-10-17-23(29)25-28-24(19-33-25)27(31,21-13-6-2-7-14-21)22-15-8-3-9-16-22/h1-9,11-16,19,23,31H,10,17-18H2. The molecule has 2 heterocycles. The molecule has 0 radical (unpaired) electrons. The Hall–Kier alpha value is -3.32. The van der Waals surface area contributed by atoms with E-state index in [0.29, 0.717) is 17.8 Å². The van der Waals surface area contributed by atoms with Gasteiger partial charge in [-0.15, -0.1) is 16.4 Å². The fraction of sp³-hybridized carbons (Fsp3) is 0.185. The Bertz CT molecular complexity index is 1170. The average molecular weight is 457 g/mol. The van der Waals surface area contributed by atoms with Crippen LogP contribution in [0.3, 0.4) is 0 Å². The molecule has 33 heavy (non-hydrogen) atoms. The van der Waals surface area contributed by atoms with E-state index in [9.17, 15) is 9.90 Å². The lowest BCUT2D eigenvalue weighted by molar-refractivity contribution is -0.120. The van der Waals surface area contributed by atoms with Crippen molar-refractivity contribution in [3.63, 3.8) is 0 Å². The van der Waals surface area contributed by atoms with Crippen LogP contribution in [0.15, 0.2) is 96.4 Å². The largest absolute Gasteiger partial charge is 0.374 e. The Kier molecular flexibility index (Phi) is 6.05. The van der Waals surface area contributed by atoms with Crippen LogP contribution in [-0.4, -0.2) is 27.7 Å². The van der Waals surface area contributed by atoms with Gasteiger partial charge in [-0.25, -0.2) is 9.78 Å². The number of carbonyl (C=O) groups excluding carboxylic acids is 1. The summed E-state index contributed by atoms with van der Waals surface area (Å²) in [6.07, 6.45) is 1.74. The number of hydroxylamine groups is 2. The van der Waals surface area contributed by atoms with Gasteiger partial charge in [-0.1, -0.05) is 78.9 Å². The monoisotopic (exact) mass is 456 g/mol. The predicted octanol–water partition coefficient (Wildman–Crippen LogP) is 5.34. The van der Waals surface area contributed by atoms with Gasteiger partial charge in [0.2, 0.25) is 0 Å². The number of aromatic nitrogens is 1. The highest BCUT2D eigenvalue weighted by Gasteiger charge is 2.38. The van der Waals surface area contributed by atoms with Crippen molar-refractivity contribution in [2.24, 2.45) is 0 Å². The third-order valence-electron chi connectivity index (χ3n) is 5.97. The summed E-state index contributed by atoms with van der Waals surface area (Å²) in [6, 6.07) is 28.0. The van der Waals surface area contributed by atoms with Crippen LogP contribution in [0.1, 0.15) is 51.1 Å². The van der Waals surface area contributed by atoms with Gasteiger partial charge in [0.25, 0.3) is 0 Å². The minimum Gasteiger partial charge on any atom is -0.374 e. The molecule has 0 saturated carbocycles. The van der Waals surface area contributed by atoms with Crippen LogP contribution in [0.2, 0.25) is 0 Å². The fourth-order valence-electron chi connectivity index (χ4n) is 4.26. The molecule has 1 fully saturated rings. The second-order valence-corrected chi connectivity index (χ2v) is 8.95. The molecule has 6 heteroatoms. The molecule has 5 rings (SSSR count). The van der Waals surface area contributed by atoms with Crippen molar-refractivity contribution in [1.82, 2.24) is 10.0 Å². The van der Waals surface area contributed by atoms with Crippen LogP contribution >= 0.6 is 11.3 Å². The van der Waals surface area contributed by atoms with Crippen LogP contribution in [0.5, 0.6) is 0 Å². The van der Waals surface area contributed by atoms with Crippen LogP contribution < -0.4 is 0 Å². The second-order valence-electron chi connectivity index (χ2n) is 8.06. The van der Waals surface area contributed by atoms with Crippen molar-refractivity contribution < 1.29 is 14.7 Å². The molecule has 1 aliphatic heterocycles. The van der Waals surface area contributed by atoms with Crippen LogP contribution in [-0.2, 0) is 10.4 Å². The normalized spacial score (nSPS) is 16.6. The Labute approximate surface area is 196 Å². The molecule has 4 aromatic rings. The molecule has 3 aromatic carbocycles. The molecule has 0 spiro atoms. The quantitative estimate of drug-likeness (QED) is 0.425. The van der Waals surface area contributed by atoms with Crippen LogP contribution in [0.25, 0.3) is 0 Å². The van der Waals surface area contributed by atoms with Gasteiger partial charge in [0.1, 0.15) is 5.01 Å². The lowest BCUT2D eigenvalue weighted by atomic mass is 9.84. The van der Waals surface area contributed by atoms with Gasteiger partial charge < -0.3 is 9.94 Å². The van der Waals surface area contributed by atoms with Crippen molar-refractivity contribution in [2.75, 3.05) is 6.54 Å². The van der Waals surface area contributed by atoms with E-state index in [1.807, 2.05) is 84.2 Å². The molecule has 166 valence electrons. The molecule has 1 atom stereocenters. The van der Waals surface area contributed by atoms with Crippen molar-refractivity contribution in [3.05, 3.63) is 124 Å². The maximum absolute atomic E-state index is 12.6. The summed E-state index contributed by atoms with van der Waals surface area (Å²) in [5.41, 5.74) is 1.23. The highest BCUT2D eigenvalue weighted by molar-refractivity contribution is 7.09. The Morgan fingerprint density at radius 2 is 1.52 bits per heavy atom. The van der Waals surface area contributed by atoms with E-state index in [2.05, 4.69) is 0 Å². The third-order valence-corrected chi connectivity index (χ3v) is 6.92. The van der Waals surface area contributed by atoms with Crippen molar-refractivity contribution in [1.29, 1.82) is 0 Å². The number of thiazole rings is 1. The van der Waals surface area contributed by atoms with Crippen LogP contribution in [0, 0.1) is 0 Å². The van der Waals surface area contributed by atoms with E-state index in [1.54, 1.807) is 17.2 Å². The van der Waals surface area contributed by atoms with Crippen molar-refractivity contribution >= 4 is 17.3 Å². The van der Waals surface area contributed by atoms with E-state index in [4.69, 9.17) is 9.82 Å². The third kappa shape index (κ3) is 4.20. The maximum Gasteiger partial charge on any atom is 0.357 e. The van der Waals surface area contributed by atoms with Gasteiger partial charge >= 0.3 is 5.97 Å². The summed E-state index contributed by atoms with van der Waals surface area (Å²) in [5, 5.41) is 16.4. The van der Waals surface area contributed by atoms with E-state index >= 15 is 0 Å². The van der Waals surface area contributed by atoms with Gasteiger partial charge in [-0.3, -0.25) is 0 Å². The maximum atomic E-state index is 12.6. The van der Waals surface area contributed by atoms with Gasteiger partial charge in [-0.05, 0) is 36.1 Å². The van der Waals surface area contributed by atoms with Gasteiger partial charge in [0.15, 0.2) is 5.60 Å². The van der Waals surface area contributed by atoms with Crippen LogP contribution in [0.4, 0.5) is 0 Å². The Morgan fingerprint density at radius 1 is 0.939 bits per heavy atom. The Balaban J connectivity index is 1.45. The average Bonchev–Trinajstić information content (AvgIpc) is 3.55. The lowest BCUT2D eigenvalue weighted by Crippen LogP contribution is -2.30. The van der Waals surface area contributed by atoms with Gasteiger partial charge in [0.05, 0.1) is 17.3 Å². The SMILES string of the molecule is O=C(ON1CCCC1c1nc(C(O)(c2ccccc2)c2ccccc2)cs1)c1ccccc1. The molecule has 0 bridgehead atoms. The zero-order valence-electron chi connectivity index (χ0n) is 18.0. The molecule has 0 amide bonds. The first-order valence-corrected chi connectivity index (χ1v) is 11.9. The molecule has 1 aliphatic rings. The summed E-state index contributed by atoms with van der Waals surface area (Å²) >= 11 is 1.49. The van der Waals surface area contributed by atoms with E-state index in [1.165, 1.54) is 11.3 Å².